The zero-order chi connectivity index (χ0) is 13.1. The molecule has 1 aliphatic rings. The van der Waals surface area contributed by atoms with Gasteiger partial charge < -0.3 is 10.0 Å². The van der Waals surface area contributed by atoms with E-state index in [1.807, 2.05) is 24.4 Å². The molecule has 98 valence electrons. The van der Waals surface area contributed by atoms with Gasteiger partial charge in [-0.25, -0.2) is 0 Å². The molecule has 1 aromatic heterocycles. The molecule has 0 aliphatic carbocycles. The summed E-state index contributed by atoms with van der Waals surface area (Å²) in [7, 11) is 0. The summed E-state index contributed by atoms with van der Waals surface area (Å²) in [6, 6.07) is 3.76. The van der Waals surface area contributed by atoms with Crippen LogP contribution in [0.4, 0.5) is 0 Å². The summed E-state index contributed by atoms with van der Waals surface area (Å²) in [4.78, 5) is 26.0. The highest BCUT2D eigenvalue weighted by Crippen LogP contribution is 2.28. The Morgan fingerprint density at radius 3 is 3.00 bits per heavy atom. The number of likely N-dealkylation sites (tertiary alicyclic amines) is 1. The molecule has 2 atom stereocenters. The molecule has 0 radical (unpaired) electrons. The van der Waals surface area contributed by atoms with Crippen molar-refractivity contribution in [3.63, 3.8) is 0 Å². The van der Waals surface area contributed by atoms with Gasteiger partial charge in [0.15, 0.2) is 0 Å². The lowest BCUT2D eigenvalue weighted by Gasteiger charge is -2.26. The lowest BCUT2D eigenvalue weighted by atomic mass is 10.1. The van der Waals surface area contributed by atoms with E-state index in [2.05, 4.69) is 0 Å². The highest BCUT2D eigenvalue weighted by molar-refractivity contribution is 7.10. The minimum absolute atomic E-state index is 0.0567. The van der Waals surface area contributed by atoms with Crippen molar-refractivity contribution in [3.05, 3.63) is 22.4 Å². The number of hydrogen-bond acceptors (Lipinski definition) is 3. The van der Waals surface area contributed by atoms with Crippen LogP contribution in [0.3, 0.4) is 0 Å². The fourth-order valence-corrected chi connectivity index (χ4v) is 3.22. The first-order valence-electron chi connectivity index (χ1n) is 6.15. The molecule has 2 heterocycles. The van der Waals surface area contributed by atoms with Gasteiger partial charge >= 0.3 is 5.97 Å². The Kier molecular flexibility index (Phi) is 4.01. The Balaban J connectivity index is 2.06. The van der Waals surface area contributed by atoms with Crippen LogP contribution in [0.5, 0.6) is 0 Å². The fourth-order valence-electron chi connectivity index (χ4n) is 2.45. The van der Waals surface area contributed by atoms with E-state index in [-0.39, 0.29) is 24.3 Å². The average molecular weight is 267 g/mol. The molecule has 0 bridgehead atoms. The largest absolute Gasteiger partial charge is 0.481 e. The summed E-state index contributed by atoms with van der Waals surface area (Å²) >= 11 is 1.57. The van der Waals surface area contributed by atoms with Crippen molar-refractivity contribution in [2.75, 3.05) is 6.54 Å². The molecule has 0 saturated carbocycles. The summed E-state index contributed by atoms with van der Waals surface area (Å²) in [5.74, 6) is -0.941. The number of carboxylic acids is 1. The number of hydrogen-bond donors (Lipinski definition) is 1. The Morgan fingerprint density at radius 1 is 1.61 bits per heavy atom. The van der Waals surface area contributed by atoms with Gasteiger partial charge in [-0.2, -0.15) is 0 Å². The molecule has 0 aromatic carbocycles. The van der Waals surface area contributed by atoms with Crippen molar-refractivity contribution in [3.8, 4) is 0 Å². The normalized spacial score (nSPS) is 20.9. The number of carbonyl (C=O) groups excluding carboxylic acids is 1. The predicted molar refractivity (Wildman–Crippen MR) is 69.7 cm³/mol. The molecule has 18 heavy (non-hydrogen) atoms. The number of carbonyl (C=O) groups is 2. The molecule has 1 saturated heterocycles. The second kappa shape index (κ2) is 5.52. The van der Waals surface area contributed by atoms with Gasteiger partial charge in [-0.3, -0.25) is 9.59 Å². The van der Waals surface area contributed by atoms with Crippen LogP contribution in [0.15, 0.2) is 17.5 Å². The molecule has 1 fully saturated rings. The molecule has 4 nitrogen and oxygen atoms in total. The number of nitrogens with zero attached hydrogens (tertiary/aromatic N) is 1. The molecule has 1 aromatic rings. The predicted octanol–water partition coefficient (Wildman–Crippen LogP) is 2.32. The Bertz CT molecular complexity index is 429. The van der Waals surface area contributed by atoms with Crippen LogP contribution in [0.2, 0.25) is 0 Å². The zero-order valence-corrected chi connectivity index (χ0v) is 11.2. The Hall–Kier alpha value is -1.36. The first-order valence-corrected chi connectivity index (χ1v) is 7.03. The van der Waals surface area contributed by atoms with Gasteiger partial charge in [0.2, 0.25) is 5.91 Å². The third-order valence-electron chi connectivity index (χ3n) is 3.41. The van der Waals surface area contributed by atoms with Crippen molar-refractivity contribution in [1.29, 1.82) is 0 Å². The SMILES string of the molecule is CC(C(=O)N1CCCC1CC(=O)O)c1cccs1. The lowest BCUT2D eigenvalue weighted by molar-refractivity contribution is -0.140. The van der Waals surface area contributed by atoms with Crippen LogP contribution in [0.1, 0.15) is 37.0 Å². The maximum atomic E-state index is 12.4. The average Bonchev–Trinajstić information content (AvgIpc) is 2.96. The van der Waals surface area contributed by atoms with E-state index in [4.69, 9.17) is 5.11 Å². The van der Waals surface area contributed by atoms with Gasteiger partial charge in [0, 0.05) is 17.5 Å². The maximum Gasteiger partial charge on any atom is 0.305 e. The second-order valence-electron chi connectivity index (χ2n) is 4.66. The minimum atomic E-state index is -0.830. The second-order valence-corrected chi connectivity index (χ2v) is 5.64. The zero-order valence-electron chi connectivity index (χ0n) is 10.3. The van der Waals surface area contributed by atoms with Crippen LogP contribution in [-0.2, 0) is 9.59 Å². The van der Waals surface area contributed by atoms with Crippen LogP contribution in [0, 0.1) is 0 Å². The van der Waals surface area contributed by atoms with E-state index in [9.17, 15) is 9.59 Å². The van der Waals surface area contributed by atoms with Gasteiger partial charge in [-0.15, -0.1) is 11.3 Å². The standard InChI is InChI=1S/C13H17NO3S/c1-9(11-5-3-7-18-11)13(17)14-6-2-4-10(14)8-12(15)16/h3,5,7,9-10H,2,4,6,8H2,1H3,(H,15,16). The Labute approximate surface area is 110 Å². The first kappa shape index (κ1) is 13.1. The van der Waals surface area contributed by atoms with Crippen LogP contribution >= 0.6 is 11.3 Å². The van der Waals surface area contributed by atoms with E-state index >= 15 is 0 Å². The smallest absolute Gasteiger partial charge is 0.305 e. The monoisotopic (exact) mass is 267 g/mol. The van der Waals surface area contributed by atoms with E-state index in [0.29, 0.717) is 6.54 Å². The van der Waals surface area contributed by atoms with Crippen molar-refractivity contribution in [1.82, 2.24) is 4.90 Å². The molecule has 2 rings (SSSR count). The molecular weight excluding hydrogens is 250 g/mol. The van der Waals surface area contributed by atoms with E-state index in [0.717, 1.165) is 17.7 Å². The number of aliphatic carboxylic acids is 1. The quantitative estimate of drug-likeness (QED) is 0.910. The molecule has 0 spiro atoms. The fraction of sp³-hybridized carbons (Fsp3) is 0.538. The molecule has 5 heteroatoms. The summed E-state index contributed by atoms with van der Waals surface area (Å²) in [5.41, 5.74) is 0. The van der Waals surface area contributed by atoms with Gasteiger partial charge in [0.05, 0.1) is 12.3 Å². The summed E-state index contributed by atoms with van der Waals surface area (Å²) < 4.78 is 0. The van der Waals surface area contributed by atoms with Gasteiger partial charge in [-0.1, -0.05) is 6.07 Å². The molecular formula is C13H17NO3S. The molecule has 1 N–H and O–H groups in total. The van der Waals surface area contributed by atoms with E-state index in [1.54, 1.807) is 16.2 Å². The van der Waals surface area contributed by atoms with Gasteiger partial charge in [-0.05, 0) is 31.2 Å². The summed E-state index contributed by atoms with van der Waals surface area (Å²) in [5, 5.41) is 10.8. The van der Waals surface area contributed by atoms with E-state index in [1.165, 1.54) is 0 Å². The topological polar surface area (TPSA) is 57.6 Å². The molecule has 1 amide bonds. The Morgan fingerprint density at radius 2 is 2.39 bits per heavy atom. The maximum absolute atomic E-state index is 12.4. The minimum Gasteiger partial charge on any atom is -0.481 e. The lowest BCUT2D eigenvalue weighted by Crippen LogP contribution is -2.39. The van der Waals surface area contributed by atoms with Crippen molar-refractivity contribution in [2.24, 2.45) is 0 Å². The van der Waals surface area contributed by atoms with Crippen molar-refractivity contribution < 1.29 is 14.7 Å². The number of rotatable bonds is 4. The summed E-state index contributed by atoms with van der Waals surface area (Å²) in [6.45, 7) is 2.58. The van der Waals surface area contributed by atoms with Crippen LogP contribution in [-0.4, -0.2) is 34.5 Å². The van der Waals surface area contributed by atoms with Crippen molar-refractivity contribution in [2.45, 2.75) is 38.1 Å². The van der Waals surface area contributed by atoms with Gasteiger partial charge in [0.1, 0.15) is 0 Å². The highest BCUT2D eigenvalue weighted by atomic mass is 32.1. The number of amides is 1. The number of carboxylic acid groups (broad SMARTS) is 1. The number of thiophene rings is 1. The third kappa shape index (κ3) is 2.72. The molecule has 1 aliphatic heterocycles. The third-order valence-corrected chi connectivity index (χ3v) is 4.47. The van der Waals surface area contributed by atoms with Crippen LogP contribution in [0.25, 0.3) is 0 Å². The summed E-state index contributed by atoms with van der Waals surface area (Å²) in [6.07, 6.45) is 1.76. The highest BCUT2D eigenvalue weighted by Gasteiger charge is 2.33. The van der Waals surface area contributed by atoms with Gasteiger partial charge in [0.25, 0.3) is 0 Å². The van der Waals surface area contributed by atoms with Crippen LogP contribution < -0.4 is 0 Å². The molecule has 2 unspecified atom stereocenters. The van der Waals surface area contributed by atoms with E-state index < -0.39 is 5.97 Å². The first-order chi connectivity index (χ1) is 8.59. The van der Waals surface area contributed by atoms with Crippen molar-refractivity contribution >= 4 is 23.2 Å².